The molecule has 29 heavy (non-hydrogen) atoms. The zero-order chi connectivity index (χ0) is 19.4. The van der Waals surface area contributed by atoms with Gasteiger partial charge in [-0.25, -0.2) is 0 Å². The van der Waals surface area contributed by atoms with Crippen molar-refractivity contribution in [1.29, 1.82) is 0 Å². The summed E-state index contributed by atoms with van der Waals surface area (Å²) in [5.74, 6) is 0.574. The molecule has 7 nitrogen and oxygen atoms in total. The molecule has 0 aliphatic carbocycles. The molecule has 0 amide bonds. The van der Waals surface area contributed by atoms with Gasteiger partial charge in [0.15, 0.2) is 5.96 Å². The molecule has 0 unspecified atom stereocenters. The number of hydrogen-bond acceptors (Lipinski definition) is 5. The number of guanidine groups is 1. The number of piperazine rings is 1. The second-order valence-electron chi connectivity index (χ2n) is 7.60. The van der Waals surface area contributed by atoms with Crippen LogP contribution in [0.4, 0.5) is 0 Å². The molecule has 1 aromatic rings. The van der Waals surface area contributed by atoms with Crippen molar-refractivity contribution in [2.75, 3.05) is 78.7 Å². The average molecular weight is 516 g/mol. The van der Waals surface area contributed by atoms with Crippen molar-refractivity contribution in [3.8, 4) is 0 Å². The van der Waals surface area contributed by atoms with E-state index in [4.69, 9.17) is 10.5 Å². The van der Waals surface area contributed by atoms with Gasteiger partial charge in [-0.2, -0.15) is 0 Å². The Labute approximate surface area is 192 Å². The first-order chi connectivity index (χ1) is 13.8. The minimum atomic E-state index is 0. The summed E-state index contributed by atoms with van der Waals surface area (Å²) >= 11 is 0. The van der Waals surface area contributed by atoms with Crippen LogP contribution in [0.15, 0.2) is 35.3 Å². The highest BCUT2D eigenvalue weighted by atomic mass is 127. The van der Waals surface area contributed by atoms with Crippen LogP contribution in [0.1, 0.15) is 12.0 Å². The van der Waals surface area contributed by atoms with Gasteiger partial charge in [-0.3, -0.25) is 19.7 Å². The molecule has 0 bridgehead atoms. The standard InChI is InChI=1S/C21H36N6O.HI/c22-21(23-7-4-9-25-15-17-28-18-16-25)24-8-10-26-11-13-27(14-12-26)19-20-5-2-1-3-6-20;/h1-3,5-6H,4,7-19H2,(H3,22,23,24);1H. The number of nitrogens with one attached hydrogen (secondary N) is 1. The van der Waals surface area contributed by atoms with Crippen molar-refractivity contribution < 1.29 is 4.74 Å². The zero-order valence-corrected chi connectivity index (χ0v) is 19.8. The van der Waals surface area contributed by atoms with Crippen LogP contribution in [-0.2, 0) is 11.3 Å². The van der Waals surface area contributed by atoms with E-state index in [-0.39, 0.29) is 24.0 Å². The Morgan fingerprint density at radius 1 is 0.931 bits per heavy atom. The fourth-order valence-corrected chi connectivity index (χ4v) is 3.73. The highest BCUT2D eigenvalue weighted by Crippen LogP contribution is 2.08. The number of aliphatic imine (C=N–C) groups is 1. The van der Waals surface area contributed by atoms with Crippen molar-refractivity contribution in [2.45, 2.75) is 13.0 Å². The predicted molar refractivity (Wildman–Crippen MR) is 130 cm³/mol. The van der Waals surface area contributed by atoms with Crippen molar-refractivity contribution in [2.24, 2.45) is 10.7 Å². The van der Waals surface area contributed by atoms with E-state index in [1.165, 1.54) is 5.56 Å². The van der Waals surface area contributed by atoms with E-state index in [0.29, 0.717) is 5.96 Å². The fraction of sp³-hybridized carbons (Fsp3) is 0.667. The Morgan fingerprint density at radius 3 is 2.31 bits per heavy atom. The lowest BCUT2D eigenvalue weighted by Crippen LogP contribution is -2.48. The predicted octanol–water partition coefficient (Wildman–Crippen LogP) is 1.05. The van der Waals surface area contributed by atoms with Crippen LogP contribution in [0.5, 0.6) is 0 Å². The van der Waals surface area contributed by atoms with E-state index in [1.54, 1.807) is 0 Å². The summed E-state index contributed by atoms with van der Waals surface area (Å²) in [6.07, 6.45) is 1.05. The third-order valence-corrected chi connectivity index (χ3v) is 5.47. The molecule has 2 aliphatic rings. The van der Waals surface area contributed by atoms with E-state index < -0.39 is 0 Å². The second kappa shape index (κ2) is 14.1. The Kier molecular flexibility index (Phi) is 11.9. The van der Waals surface area contributed by atoms with E-state index in [2.05, 4.69) is 55.3 Å². The summed E-state index contributed by atoms with van der Waals surface area (Å²) in [5.41, 5.74) is 7.39. The maximum Gasteiger partial charge on any atom is 0.188 e. The van der Waals surface area contributed by atoms with Crippen LogP contribution in [0.2, 0.25) is 0 Å². The van der Waals surface area contributed by atoms with Crippen LogP contribution in [0.3, 0.4) is 0 Å². The van der Waals surface area contributed by atoms with Crippen molar-refractivity contribution in [1.82, 2.24) is 20.0 Å². The first-order valence-electron chi connectivity index (χ1n) is 10.6. The lowest BCUT2D eigenvalue weighted by molar-refractivity contribution is 0.0377. The van der Waals surface area contributed by atoms with E-state index in [0.717, 1.165) is 91.6 Å². The molecular formula is C21H37IN6O. The fourth-order valence-electron chi connectivity index (χ4n) is 3.73. The molecule has 3 N–H and O–H groups in total. The Bertz CT molecular complexity index is 574. The number of rotatable bonds is 9. The lowest BCUT2D eigenvalue weighted by Gasteiger charge is -2.34. The maximum absolute atomic E-state index is 6.00. The molecule has 0 spiro atoms. The van der Waals surface area contributed by atoms with Crippen molar-refractivity contribution in [3.63, 3.8) is 0 Å². The molecular weight excluding hydrogens is 479 g/mol. The Hall–Kier alpha value is -0.940. The van der Waals surface area contributed by atoms with Crippen molar-refractivity contribution in [3.05, 3.63) is 35.9 Å². The van der Waals surface area contributed by atoms with Crippen LogP contribution in [-0.4, -0.2) is 99.3 Å². The number of ether oxygens (including phenoxy) is 1. The Morgan fingerprint density at radius 2 is 1.59 bits per heavy atom. The van der Waals surface area contributed by atoms with Gasteiger partial charge in [0.2, 0.25) is 0 Å². The first kappa shape index (κ1) is 24.3. The molecule has 2 aliphatic heterocycles. The van der Waals surface area contributed by atoms with Gasteiger partial charge in [0.1, 0.15) is 0 Å². The summed E-state index contributed by atoms with van der Waals surface area (Å²) in [5, 5.41) is 3.26. The summed E-state index contributed by atoms with van der Waals surface area (Å²) < 4.78 is 5.37. The molecule has 0 saturated carbocycles. The average Bonchev–Trinajstić information content (AvgIpc) is 2.74. The van der Waals surface area contributed by atoms with Crippen LogP contribution >= 0.6 is 24.0 Å². The molecule has 3 rings (SSSR count). The highest BCUT2D eigenvalue weighted by molar-refractivity contribution is 14.0. The summed E-state index contributed by atoms with van der Waals surface area (Å²) in [7, 11) is 0. The number of morpholine rings is 1. The minimum absolute atomic E-state index is 0. The van der Waals surface area contributed by atoms with Gasteiger partial charge in [0, 0.05) is 72.0 Å². The van der Waals surface area contributed by atoms with Crippen molar-refractivity contribution >= 4 is 29.9 Å². The van der Waals surface area contributed by atoms with Gasteiger partial charge in [-0.05, 0) is 12.0 Å². The number of nitrogens with two attached hydrogens (primary N) is 1. The van der Waals surface area contributed by atoms with Gasteiger partial charge in [0.25, 0.3) is 0 Å². The van der Waals surface area contributed by atoms with Crippen LogP contribution < -0.4 is 11.1 Å². The first-order valence-corrected chi connectivity index (χ1v) is 10.6. The molecule has 164 valence electrons. The molecule has 0 atom stereocenters. The van der Waals surface area contributed by atoms with E-state index >= 15 is 0 Å². The second-order valence-corrected chi connectivity index (χ2v) is 7.60. The molecule has 0 aromatic heterocycles. The van der Waals surface area contributed by atoms with Gasteiger partial charge in [-0.1, -0.05) is 30.3 Å². The number of halogens is 1. The summed E-state index contributed by atoms with van der Waals surface area (Å²) in [6.45, 7) is 13.1. The summed E-state index contributed by atoms with van der Waals surface area (Å²) in [6, 6.07) is 10.7. The largest absolute Gasteiger partial charge is 0.379 e. The molecule has 1 aromatic carbocycles. The monoisotopic (exact) mass is 516 g/mol. The number of nitrogens with zero attached hydrogens (tertiary/aromatic N) is 4. The van der Waals surface area contributed by atoms with E-state index in [1.807, 2.05) is 0 Å². The maximum atomic E-state index is 6.00. The van der Waals surface area contributed by atoms with Gasteiger partial charge >= 0.3 is 0 Å². The normalized spacial score (nSPS) is 19.7. The number of hydrogen-bond donors (Lipinski definition) is 2. The van der Waals surface area contributed by atoms with Gasteiger partial charge in [-0.15, -0.1) is 24.0 Å². The third-order valence-electron chi connectivity index (χ3n) is 5.47. The lowest BCUT2D eigenvalue weighted by atomic mass is 10.2. The Balaban J connectivity index is 0.00000300. The molecule has 8 heteroatoms. The van der Waals surface area contributed by atoms with Gasteiger partial charge < -0.3 is 15.8 Å². The highest BCUT2D eigenvalue weighted by Gasteiger charge is 2.16. The smallest absolute Gasteiger partial charge is 0.188 e. The molecule has 2 fully saturated rings. The summed E-state index contributed by atoms with van der Waals surface area (Å²) in [4.78, 5) is 11.9. The molecule has 2 saturated heterocycles. The quantitative estimate of drug-likeness (QED) is 0.222. The molecule has 0 radical (unpaired) electrons. The van der Waals surface area contributed by atoms with Crippen LogP contribution in [0, 0.1) is 0 Å². The molecule has 2 heterocycles. The topological polar surface area (TPSA) is 69.4 Å². The van der Waals surface area contributed by atoms with Crippen LogP contribution in [0.25, 0.3) is 0 Å². The zero-order valence-electron chi connectivity index (χ0n) is 17.5. The minimum Gasteiger partial charge on any atom is -0.379 e. The third kappa shape index (κ3) is 9.61. The number of benzene rings is 1. The van der Waals surface area contributed by atoms with Gasteiger partial charge in [0.05, 0.1) is 13.2 Å². The van der Waals surface area contributed by atoms with E-state index in [9.17, 15) is 0 Å². The SMILES string of the molecule is I.NC(=NCCCN1CCOCC1)NCCN1CCN(Cc2ccccc2)CC1.